The molecule has 0 N–H and O–H groups in total. The first-order chi connectivity index (χ1) is 16.3. The number of hydrogen-bond acceptors (Lipinski definition) is 8. The van der Waals surface area contributed by atoms with Crippen LogP contribution in [0.4, 0.5) is 8.78 Å². The van der Waals surface area contributed by atoms with Gasteiger partial charge in [-0.2, -0.15) is 8.78 Å². The molecular formula is C22H24F2N2O7S. The van der Waals surface area contributed by atoms with Crippen LogP contribution in [0, 0.1) is 0 Å². The molecule has 0 radical (unpaired) electrons. The van der Waals surface area contributed by atoms with Crippen molar-refractivity contribution in [2.24, 2.45) is 0 Å². The number of amides is 1. The van der Waals surface area contributed by atoms with Crippen molar-refractivity contribution in [3.63, 3.8) is 0 Å². The van der Waals surface area contributed by atoms with Gasteiger partial charge in [0.2, 0.25) is 5.91 Å². The van der Waals surface area contributed by atoms with Crippen molar-refractivity contribution in [1.29, 1.82) is 0 Å². The highest BCUT2D eigenvalue weighted by Crippen LogP contribution is 2.29. The number of esters is 1. The lowest BCUT2D eigenvalue weighted by Crippen LogP contribution is -2.45. The van der Waals surface area contributed by atoms with Crippen molar-refractivity contribution in [2.75, 3.05) is 40.0 Å². The molecule has 0 aliphatic carbocycles. The number of halogens is 2. The number of alkyl halides is 2. The molecule has 2 aromatic rings. The Morgan fingerprint density at radius 3 is 2.62 bits per heavy atom. The van der Waals surface area contributed by atoms with Gasteiger partial charge < -0.3 is 23.8 Å². The zero-order chi connectivity index (χ0) is 24.7. The number of benzene rings is 1. The number of morpholine rings is 1. The molecule has 9 nitrogen and oxygen atoms in total. The minimum absolute atomic E-state index is 0.0618. The SMILES string of the molecule is CCOC(=O)C=c1sc(=Cc2ccc(OC(F)F)c(OC)c2)c(=O)n1CC(=O)N1CCOCC1. The minimum atomic E-state index is -3.02. The average Bonchev–Trinajstić information content (AvgIpc) is 3.09. The van der Waals surface area contributed by atoms with Crippen LogP contribution >= 0.6 is 11.3 Å². The van der Waals surface area contributed by atoms with Crippen molar-refractivity contribution in [3.05, 3.63) is 43.3 Å². The van der Waals surface area contributed by atoms with Gasteiger partial charge in [-0.1, -0.05) is 6.07 Å². The van der Waals surface area contributed by atoms with E-state index in [0.29, 0.717) is 31.9 Å². The number of nitrogens with zero attached hydrogens (tertiary/aromatic N) is 2. The van der Waals surface area contributed by atoms with Crippen molar-refractivity contribution >= 4 is 35.4 Å². The van der Waals surface area contributed by atoms with Gasteiger partial charge >= 0.3 is 12.6 Å². The Kier molecular flexibility index (Phi) is 8.77. The van der Waals surface area contributed by atoms with E-state index in [1.54, 1.807) is 11.8 Å². The number of hydrogen-bond donors (Lipinski definition) is 0. The molecule has 1 aliphatic rings. The second-order valence-electron chi connectivity index (χ2n) is 7.02. The van der Waals surface area contributed by atoms with Crippen LogP contribution in [0.2, 0.25) is 0 Å². The van der Waals surface area contributed by atoms with Crippen LogP contribution in [0.15, 0.2) is 23.0 Å². The van der Waals surface area contributed by atoms with Crippen molar-refractivity contribution in [3.8, 4) is 11.5 Å². The molecule has 0 spiro atoms. The fraction of sp³-hybridized carbons (Fsp3) is 0.409. The predicted octanol–water partition coefficient (Wildman–Crippen LogP) is 0.551. The van der Waals surface area contributed by atoms with Crippen LogP contribution in [-0.2, 0) is 25.6 Å². The van der Waals surface area contributed by atoms with Crippen LogP contribution in [0.1, 0.15) is 12.5 Å². The van der Waals surface area contributed by atoms with Crippen LogP contribution in [-0.4, -0.2) is 68.0 Å². The van der Waals surface area contributed by atoms with E-state index in [-0.39, 0.29) is 39.8 Å². The maximum Gasteiger partial charge on any atom is 0.387 e. The number of carbonyl (C=O) groups is 2. The Morgan fingerprint density at radius 1 is 1.24 bits per heavy atom. The van der Waals surface area contributed by atoms with Gasteiger partial charge in [0.1, 0.15) is 11.2 Å². The quantitative estimate of drug-likeness (QED) is 0.491. The third-order valence-electron chi connectivity index (χ3n) is 4.82. The monoisotopic (exact) mass is 498 g/mol. The summed E-state index contributed by atoms with van der Waals surface area (Å²) in [6.45, 7) is 0.210. The molecule has 0 atom stereocenters. The number of rotatable bonds is 8. The van der Waals surface area contributed by atoms with Gasteiger partial charge in [-0.15, -0.1) is 11.3 Å². The van der Waals surface area contributed by atoms with Crippen molar-refractivity contribution < 1.29 is 37.3 Å². The Morgan fingerprint density at radius 2 is 1.97 bits per heavy atom. The lowest BCUT2D eigenvalue weighted by atomic mass is 10.2. The highest BCUT2D eigenvalue weighted by atomic mass is 32.1. The van der Waals surface area contributed by atoms with E-state index in [4.69, 9.17) is 14.2 Å². The summed E-state index contributed by atoms with van der Waals surface area (Å²) >= 11 is 1.00. The van der Waals surface area contributed by atoms with E-state index < -0.39 is 18.1 Å². The second-order valence-corrected chi connectivity index (χ2v) is 8.08. The maximum atomic E-state index is 13.1. The first-order valence-corrected chi connectivity index (χ1v) is 11.2. The van der Waals surface area contributed by atoms with E-state index in [1.807, 2.05) is 0 Å². The van der Waals surface area contributed by atoms with Gasteiger partial charge in [-0.25, -0.2) is 4.79 Å². The number of carbonyl (C=O) groups excluding carboxylic acids is 2. The highest BCUT2D eigenvalue weighted by molar-refractivity contribution is 7.07. The molecule has 0 saturated carbocycles. The van der Waals surface area contributed by atoms with Gasteiger partial charge in [-0.05, 0) is 30.7 Å². The summed E-state index contributed by atoms with van der Waals surface area (Å²) in [5, 5.41) is 0. The van der Waals surface area contributed by atoms with E-state index in [9.17, 15) is 23.2 Å². The third kappa shape index (κ3) is 6.41. The normalized spacial score (nSPS) is 15.0. The van der Waals surface area contributed by atoms with E-state index in [0.717, 1.165) is 11.3 Å². The predicted molar refractivity (Wildman–Crippen MR) is 120 cm³/mol. The summed E-state index contributed by atoms with van der Waals surface area (Å²) in [6, 6.07) is 4.22. The fourth-order valence-corrected chi connectivity index (χ4v) is 4.27. The van der Waals surface area contributed by atoms with Gasteiger partial charge in [0.05, 0.1) is 37.5 Å². The molecule has 34 heavy (non-hydrogen) atoms. The number of methoxy groups -OCH3 is 1. The Hall–Kier alpha value is -3.25. The topological polar surface area (TPSA) is 96.3 Å². The molecule has 3 rings (SSSR count). The summed E-state index contributed by atoms with van der Waals surface area (Å²) in [4.78, 5) is 39.5. The Balaban J connectivity index is 2.02. The number of aromatic nitrogens is 1. The van der Waals surface area contributed by atoms with E-state index in [1.165, 1.54) is 42.0 Å². The molecule has 1 aliphatic heterocycles. The van der Waals surface area contributed by atoms with Crippen molar-refractivity contribution in [1.82, 2.24) is 9.47 Å². The summed E-state index contributed by atoms with van der Waals surface area (Å²) in [5.74, 6) is -1.00. The van der Waals surface area contributed by atoms with Gasteiger partial charge in [0.25, 0.3) is 5.56 Å². The Labute approximate surface area is 197 Å². The van der Waals surface area contributed by atoms with Crippen molar-refractivity contribution in [2.45, 2.75) is 20.1 Å². The standard InChI is InChI=1S/C22H24F2N2O7S/c1-3-32-20(28)12-19-26(13-18(27)25-6-8-31-9-7-25)21(29)17(34-19)11-14-4-5-15(33-22(23)24)16(10-14)30-2/h4-5,10-12,22H,3,6-9,13H2,1-2H3. The summed E-state index contributed by atoms with van der Waals surface area (Å²) in [5.41, 5.74) is 0.000175. The van der Waals surface area contributed by atoms with E-state index in [2.05, 4.69) is 4.74 Å². The van der Waals surface area contributed by atoms with Gasteiger partial charge in [-0.3, -0.25) is 14.2 Å². The zero-order valence-electron chi connectivity index (χ0n) is 18.6. The van der Waals surface area contributed by atoms with Crippen LogP contribution in [0.5, 0.6) is 11.5 Å². The lowest BCUT2D eigenvalue weighted by molar-refractivity contribution is -0.136. The molecule has 12 heteroatoms. The van der Waals surface area contributed by atoms with Gasteiger partial charge in [0, 0.05) is 13.1 Å². The molecule has 1 aromatic heterocycles. The summed E-state index contributed by atoms with van der Waals surface area (Å²) in [6.07, 6.45) is 2.68. The average molecular weight is 499 g/mol. The second kappa shape index (κ2) is 11.7. The molecule has 0 bridgehead atoms. The smallest absolute Gasteiger partial charge is 0.387 e. The first kappa shape index (κ1) is 25.4. The molecule has 1 saturated heterocycles. The van der Waals surface area contributed by atoms with Crippen LogP contribution in [0.25, 0.3) is 12.2 Å². The highest BCUT2D eigenvalue weighted by Gasteiger charge is 2.19. The lowest BCUT2D eigenvalue weighted by Gasteiger charge is -2.26. The van der Waals surface area contributed by atoms with Gasteiger partial charge in [0.15, 0.2) is 11.5 Å². The minimum Gasteiger partial charge on any atom is -0.493 e. The zero-order valence-corrected chi connectivity index (χ0v) is 19.4. The first-order valence-electron chi connectivity index (χ1n) is 10.4. The molecule has 184 valence electrons. The van der Waals surface area contributed by atoms with Crippen LogP contribution < -0.4 is 24.2 Å². The van der Waals surface area contributed by atoms with Crippen LogP contribution in [0.3, 0.4) is 0 Å². The largest absolute Gasteiger partial charge is 0.493 e. The summed E-state index contributed by atoms with van der Waals surface area (Å²) in [7, 11) is 1.30. The third-order valence-corrected chi connectivity index (χ3v) is 5.88. The molecule has 1 fully saturated rings. The molecule has 2 heterocycles. The fourth-order valence-electron chi connectivity index (χ4n) is 3.24. The molecular weight excluding hydrogens is 474 g/mol. The maximum absolute atomic E-state index is 13.1. The number of ether oxygens (including phenoxy) is 4. The van der Waals surface area contributed by atoms with E-state index >= 15 is 0 Å². The molecule has 0 unspecified atom stereocenters. The number of thiazole rings is 1. The molecule has 1 amide bonds. The Bertz CT molecular complexity index is 1200. The molecule has 1 aromatic carbocycles. The summed E-state index contributed by atoms with van der Waals surface area (Å²) < 4.78 is 46.6.